The van der Waals surface area contributed by atoms with Gasteiger partial charge in [0.15, 0.2) is 0 Å². The molecule has 1 N–H and O–H groups in total. The summed E-state index contributed by atoms with van der Waals surface area (Å²) in [5.41, 5.74) is 0.875. The van der Waals surface area contributed by atoms with Crippen LogP contribution in [0.1, 0.15) is 45.1 Å². The van der Waals surface area contributed by atoms with Crippen LogP contribution < -0.4 is 4.74 Å². The third kappa shape index (κ3) is 2.33. The van der Waals surface area contributed by atoms with Gasteiger partial charge in [0.2, 0.25) is 0 Å². The summed E-state index contributed by atoms with van der Waals surface area (Å²) in [6.07, 6.45) is 3.09. The standard InChI is InChI=1S/C19H27BO3/c1-18(2)13-8-16(18)19(3,21)17(9-13)23-20-10-12-11-22-15-7-5-4-6-14(12)15/h4-7,12-13,16-17,20-21H,8-11H2,1-3H3/t12?,13-,16-,17+,19-/m0/s1. The summed E-state index contributed by atoms with van der Waals surface area (Å²) in [6, 6.07) is 8.28. The number of aliphatic hydroxyl groups is 1. The summed E-state index contributed by atoms with van der Waals surface area (Å²) in [5, 5.41) is 11.0. The molecule has 1 aliphatic heterocycles. The Kier molecular flexibility index (Phi) is 3.55. The second kappa shape index (κ2) is 5.25. The quantitative estimate of drug-likeness (QED) is 0.868. The van der Waals surface area contributed by atoms with E-state index in [4.69, 9.17) is 9.39 Å². The van der Waals surface area contributed by atoms with Crippen LogP contribution in [0, 0.1) is 17.3 Å². The van der Waals surface area contributed by atoms with Gasteiger partial charge in [-0.15, -0.1) is 0 Å². The molecule has 1 aromatic carbocycles. The van der Waals surface area contributed by atoms with E-state index in [1.54, 1.807) is 0 Å². The zero-order valence-electron chi connectivity index (χ0n) is 14.4. The summed E-state index contributed by atoms with van der Waals surface area (Å²) >= 11 is 0. The SMILES string of the molecule is CC1(C)[C@@H]2C[C@@H](OBCC3COc4ccccc43)[C@@](C)(O)[C@H]1C2. The summed E-state index contributed by atoms with van der Waals surface area (Å²) in [6.45, 7) is 7.32. The van der Waals surface area contributed by atoms with Crippen molar-refractivity contribution >= 4 is 7.48 Å². The fourth-order valence-electron chi connectivity index (χ4n) is 5.19. The summed E-state index contributed by atoms with van der Waals surface area (Å²) in [5.74, 6) is 2.51. The second-order valence-corrected chi connectivity index (χ2v) is 8.46. The molecule has 3 aliphatic carbocycles. The van der Waals surface area contributed by atoms with Crippen molar-refractivity contribution in [1.29, 1.82) is 0 Å². The molecule has 23 heavy (non-hydrogen) atoms. The number of rotatable bonds is 4. The Bertz CT molecular complexity index is 598. The van der Waals surface area contributed by atoms with E-state index in [9.17, 15) is 5.11 Å². The Hall–Kier alpha value is -0.995. The average molecular weight is 314 g/mol. The van der Waals surface area contributed by atoms with Gasteiger partial charge in [-0.05, 0) is 55.0 Å². The minimum absolute atomic E-state index is 0.0168. The maximum atomic E-state index is 11.0. The van der Waals surface area contributed by atoms with Crippen molar-refractivity contribution in [2.24, 2.45) is 17.3 Å². The molecule has 4 aliphatic rings. The lowest BCUT2D eigenvalue weighted by molar-refractivity contribution is -0.238. The smallest absolute Gasteiger partial charge is 0.276 e. The van der Waals surface area contributed by atoms with E-state index < -0.39 is 5.60 Å². The largest absolute Gasteiger partial charge is 0.493 e. The summed E-state index contributed by atoms with van der Waals surface area (Å²) in [4.78, 5) is 0. The van der Waals surface area contributed by atoms with Crippen LogP contribution in [-0.4, -0.2) is 30.9 Å². The summed E-state index contributed by atoms with van der Waals surface area (Å²) in [7, 11) is 0.697. The minimum Gasteiger partial charge on any atom is -0.493 e. The molecule has 0 spiro atoms. The first-order chi connectivity index (χ1) is 10.9. The fourth-order valence-corrected chi connectivity index (χ4v) is 5.19. The predicted octanol–water partition coefficient (Wildman–Crippen LogP) is 3.13. The van der Waals surface area contributed by atoms with Crippen molar-refractivity contribution in [3.05, 3.63) is 29.8 Å². The van der Waals surface area contributed by atoms with Gasteiger partial charge in [-0.3, -0.25) is 0 Å². The number of hydrogen-bond acceptors (Lipinski definition) is 3. The van der Waals surface area contributed by atoms with Crippen LogP contribution in [0.2, 0.25) is 6.32 Å². The summed E-state index contributed by atoms with van der Waals surface area (Å²) < 4.78 is 11.9. The van der Waals surface area contributed by atoms with Crippen LogP contribution in [0.4, 0.5) is 0 Å². The third-order valence-electron chi connectivity index (χ3n) is 6.91. The van der Waals surface area contributed by atoms with Gasteiger partial charge in [0.25, 0.3) is 7.48 Å². The van der Waals surface area contributed by atoms with E-state index in [1.807, 2.05) is 19.1 Å². The zero-order chi connectivity index (χ0) is 16.2. The van der Waals surface area contributed by atoms with E-state index in [2.05, 4.69) is 26.0 Å². The van der Waals surface area contributed by atoms with Gasteiger partial charge in [-0.25, -0.2) is 0 Å². The molecule has 3 nitrogen and oxygen atoms in total. The highest BCUT2D eigenvalue weighted by Gasteiger charge is 2.63. The molecule has 5 atom stereocenters. The van der Waals surface area contributed by atoms with Crippen LogP contribution in [0.25, 0.3) is 0 Å². The Balaban J connectivity index is 1.34. The maximum absolute atomic E-state index is 11.0. The van der Waals surface area contributed by atoms with Crippen LogP contribution in [-0.2, 0) is 4.65 Å². The first-order valence-electron chi connectivity index (χ1n) is 8.96. The number of benzene rings is 1. The molecule has 0 aromatic heterocycles. The third-order valence-corrected chi connectivity index (χ3v) is 6.91. The molecule has 1 heterocycles. The van der Waals surface area contributed by atoms with E-state index in [-0.39, 0.29) is 11.5 Å². The predicted molar refractivity (Wildman–Crippen MR) is 92.1 cm³/mol. The van der Waals surface area contributed by atoms with Gasteiger partial charge >= 0.3 is 0 Å². The molecular weight excluding hydrogens is 287 g/mol. The number of hydrogen-bond donors (Lipinski definition) is 1. The molecule has 0 radical (unpaired) electrons. The highest BCUT2D eigenvalue weighted by Crippen LogP contribution is 2.63. The van der Waals surface area contributed by atoms with Gasteiger partial charge in [0.1, 0.15) is 5.75 Å². The molecule has 3 saturated carbocycles. The van der Waals surface area contributed by atoms with E-state index in [1.165, 1.54) is 5.56 Å². The lowest BCUT2D eigenvalue weighted by Crippen LogP contribution is -2.67. The second-order valence-electron chi connectivity index (χ2n) is 8.46. The number of para-hydroxylation sites is 1. The molecule has 3 fully saturated rings. The zero-order valence-corrected chi connectivity index (χ0v) is 14.4. The van der Waals surface area contributed by atoms with Crippen LogP contribution >= 0.6 is 0 Å². The van der Waals surface area contributed by atoms with Gasteiger partial charge in [-0.1, -0.05) is 32.0 Å². The van der Waals surface area contributed by atoms with Crippen molar-refractivity contribution in [3.8, 4) is 5.75 Å². The first kappa shape index (κ1) is 15.5. The van der Waals surface area contributed by atoms with Gasteiger partial charge in [0.05, 0.1) is 18.3 Å². The Morgan fingerprint density at radius 2 is 2.04 bits per heavy atom. The Morgan fingerprint density at radius 1 is 1.26 bits per heavy atom. The Labute approximate surface area is 139 Å². The normalized spacial score (nSPS) is 40.0. The highest BCUT2D eigenvalue weighted by atomic mass is 16.5. The van der Waals surface area contributed by atoms with Gasteiger partial charge in [0, 0.05) is 5.92 Å². The monoisotopic (exact) mass is 314 g/mol. The van der Waals surface area contributed by atoms with Crippen molar-refractivity contribution < 1.29 is 14.5 Å². The molecule has 0 saturated heterocycles. The topological polar surface area (TPSA) is 38.7 Å². The molecule has 0 amide bonds. The molecular formula is C19H27BO3. The number of fused-ring (bicyclic) bond motifs is 3. The maximum Gasteiger partial charge on any atom is 0.276 e. The molecule has 1 aromatic rings. The fraction of sp³-hybridized carbons (Fsp3) is 0.684. The minimum atomic E-state index is -0.692. The van der Waals surface area contributed by atoms with E-state index >= 15 is 0 Å². The van der Waals surface area contributed by atoms with Crippen molar-refractivity contribution in [3.63, 3.8) is 0 Å². The first-order valence-corrected chi connectivity index (χ1v) is 8.96. The molecule has 124 valence electrons. The molecule has 4 heteroatoms. The van der Waals surface area contributed by atoms with Gasteiger partial charge < -0.3 is 14.5 Å². The van der Waals surface area contributed by atoms with E-state index in [0.717, 1.165) is 31.5 Å². The van der Waals surface area contributed by atoms with Gasteiger partial charge in [-0.2, -0.15) is 0 Å². The highest BCUT2D eigenvalue weighted by molar-refractivity contribution is 6.27. The molecule has 5 rings (SSSR count). The van der Waals surface area contributed by atoms with Crippen LogP contribution in [0.3, 0.4) is 0 Å². The molecule has 2 bridgehead atoms. The van der Waals surface area contributed by atoms with Crippen molar-refractivity contribution in [2.75, 3.05) is 6.61 Å². The Morgan fingerprint density at radius 3 is 2.78 bits per heavy atom. The lowest BCUT2D eigenvalue weighted by atomic mass is 9.43. The average Bonchev–Trinajstić information content (AvgIpc) is 2.91. The van der Waals surface area contributed by atoms with Crippen molar-refractivity contribution in [2.45, 2.75) is 57.6 Å². The van der Waals surface area contributed by atoms with E-state index in [0.29, 0.717) is 25.2 Å². The van der Waals surface area contributed by atoms with Crippen LogP contribution in [0.15, 0.2) is 24.3 Å². The van der Waals surface area contributed by atoms with Crippen molar-refractivity contribution in [1.82, 2.24) is 0 Å². The van der Waals surface area contributed by atoms with Crippen LogP contribution in [0.5, 0.6) is 5.75 Å². The lowest BCUT2D eigenvalue weighted by Gasteiger charge is -2.65. The molecule has 1 unspecified atom stereocenters. The number of ether oxygens (including phenoxy) is 1.